The Kier molecular flexibility index (Phi) is 4.68. The van der Waals surface area contributed by atoms with E-state index in [1.165, 1.54) is 48.9 Å². The van der Waals surface area contributed by atoms with E-state index in [9.17, 15) is 0 Å². The second-order valence-corrected chi connectivity index (χ2v) is 5.70. The number of hydrogen-bond donors (Lipinski definition) is 1. The van der Waals surface area contributed by atoms with Crippen molar-refractivity contribution in [2.45, 2.75) is 65.3 Å². The first-order valence-electron chi connectivity index (χ1n) is 7.60. The van der Waals surface area contributed by atoms with Crippen LogP contribution in [0.2, 0.25) is 0 Å². The Balaban J connectivity index is 2.07. The summed E-state index contributed by atoms with van der Waals surface area (Å²) in [6.45, 7) is 6.77. The molecule has 1 fully saturated rings. The second kappa shape index (κ2) is 6.26. The summed E-state index contributed by atoms with van der Waals surface area (Å²) in [5, 5.41) is 3.78. The largest absolute Gasteiger partial charge is 0.382 e. The first kappa shape index (κ1) is 13.5. The van der Waals surface area contributed by atoms with Gasteiger partial charge >= 0.3 is 0 Å². The summed E-state index contributed by atoms with van der Waals surface area (Å²) >= 11 is 0. The van der Waals surface area contributed by atoms with E-state index in [1.54, 1.807) is 0 Å². The van der Waals surface area contributed by atoms with Crippen LogP contribution in [0.3, 0.4) is 0 Å². The van der Waals surface area contributed by atoms with Crippen molar-refractivity contribution in [1.82, 2.24) is 0 Å². The van der Waals surface area contributed by atoms with Crippen LogP contribution in [0.25, 0.3) is 0 Å². The molecule has 100 valence electrons. The molecule has 0 saturated heterocycles. The van der Waals surface area contributed by atoms with Crippen LogP contribution in [-0.2, 0) is 6.42 Å². The zero-order valence-electron chi connectivity index (χ0n) is 12.1. The van der Waals surface area contributed by atoms with E-state index in [0.29, 0.717) is 6.04 Å². The highest BCUT2D eigenvalue weighted by Crippen LogP contribution is 2.29. The van der Waals surface area contributed by atoms with Crippen molar-refractivity contribution in [2.24, 2.45) is 5.92 Å². The van der Waals surface area contributed by atoms with Crippen molar-refractivity contribution in [2.75, 3.05) is 5.32 Å². The fourth-order valence-corrected chi connectivity index (χ4v) is 3.24. The molecule has 0 bridgehead atoms. The van der Waals surface area contributed by atoms with E-state index in [1.807, 2.05) is 0 Å². The average Bonchev–Trinajstić information content (AvgIpc) is 2.41. The minimum atomic E-state index is 0.691. The van der Waals surface area contributed by atoms with E-state index < -0.39 is 0 Å². The summed E-state index contributed by atoms with van der Waals surface area (Å²) in [5.41, 5.74) is 4.21. The Labute approximate surface area is 112 Å². The number of hydrogen-bond acceptors (Lipinski definition) is 1. The van der Waals surface area contributed by atoms with Gasteiger partial charge in [-0.25, -0.2) is 0 Å². The normalized spacial score (nSPS) is 23.9. The lowest BCUT2D eigenvalue weighted by atomic mass is 9.82. The summed E-state index contributed by atoms with van der Waals surface area (Å²) < 4.78 is 0. The van der Waals surface area contributed by atoms with E-state index >= 15 is 0 Å². The molecule has 0 spiro atoms. The Morgan fingerprint density at radius 1 is 1.17 bits per heavy atom. The van der Waals surface area contributed by atoms with Crippen LogP contribution in [0, 0.1) is 12.8 Å². The monoisotopic (exact) mass is 245 g/mol. The SMILES string of the molecule is CCc1cc(NC2CCCCC2CC)ccc1C. The molecule has 2 rings (SSSR count). The molecule has 1 nitrogen and oxygen atoms in total. The van der Waals surface area contributed by atoms with E-state index in [-0.39, 0.29) is 0 Å². The second-order valence-electron chi connectivity index (χ2n) is 5.70. The highest BCUT2D eigenvalue weighted by molar-refractivity contribution is 5.49. The van der Waals surface area contributed by atoms with Gasteiger partial charge in [0.2, 0.25) is 0 Å². The first-order valence-corrected chi connectivity index (χ1v) is 7.60. The van der Waals surface area contributed by atoms with Gasteiger partial charge in [-0.3, -0.25) is 0 Å². The maximum atomic E-state index is 3.78. The van der Waals surface area contributed by atoms with Gasteiger partial charge in [0.1, 0.15) is 0 Å². The summed E-state index contributed by atoms with van der Waals surface area (Å²) in [7, 11) is 0. The van der Waals surface area contributed by atoms with Crippen molar-refractivity contribution in [1.29, 1.82) is 0 Å². The highest BCUT2D eigenvalue weighted by Gasteiger charge is 2.23. The Morgan fingerprint density at radius 2 is 1.94 bits per heavy atom. The number of nitrogens with one attached hydrogen (secondary N) is 1. The standard InChI is InChI=1S/C17H27N/c1-4-14-8-6-7-9-17(14)18-16-11-10-13(3)15(5-2)12-16/h10-12,14,17-18H,4-9H2,1-3H3. The summed E-state index contributed by atoms with van der Waals surface area (Å²) in [6, 6.07) is 7.54. The smallest absolute Gasteiger partial charge is 0.0345 e. The zero-order valence-corrected chi connectivity index (χ0v) is 12.1. The van der Waals surface area contributed by atoms with Crippen LogP contribution in [0.5, 0.6) is 0 Å². The molecule has 2 atom stereocenters. The number of rotatable bonds is 4. The zero-order chi connectivity index (χ0) is 13.0. The fourth-order valence-electron chi connectivity index (χ4n) is 3.24. The molecule has 0 radical (unpaired) electrons. The molecular formula is C17H27N. The van der Waals surface area contributed by atoms with E-state index in [0.717, 1.165) is 12.3 Å². The van der Waals surface area contributed by atoms with E-state index in [2.05, 4.69) is 44.3 Å². The number of aryl methyl sites for hydroxylation is 2. The minimum absolute atomic E-state index is 0.691. The molecular weight excluding hydrogens is 218 g/mol. The molecule has 0 amide bonds. The van der Waals surface area contributed by atoms with Crippen molar-refractivity contribution in [3.8, 4) is 0 Å². The summed E-state index contributed by atoms with van der Waals surface area (Å²) in [4.78, 5) is 0. The minimum Gasteiger partial charge on any atom is -0.382 e. The van der Waals surface area contributed by atoms with Crippen LogP contribution in [0.4, 0.5) is 5.69 Å². The lowest BCUT2D eigenvalue weighted by Crippen LogP contribution is -2.31. The van der Waals surface area contributed by atoms with Gasteiger partial charge in [0.15, 0.2) is 0 Å². The molecule has 1 aliphatic carbocycles. The van der Waals surface area contributed by atoms with Gasteiger partial charge in [0.05, 0.1) is 0 Å². The van der Waals surface area contributed by atoms with Gasteiger partial charge in [0.25, 0.3) is 0 Å². The maximum Gasteiger partial charge on any atom is 0.0345 e. The van der Waals surface area contributed by atoms with Gasteiger partial charge in [-0.15, -0.1) is 0 Å². The van der Waals surface area contributed by atoms with Gasteiger partial charge in [-0.05, 0) is 55.4 Å². The molecule has 0 aliphatic heterocycles. The van der Waals surface area contributed by atoms with Gasteiger partial charge in [0, 0.05) is 11.7 Å². The molecule has 2 unspecified atom stereocenters. The van der Waals surface area contributed by atoms with Crippen LogP contribution >= 0.6 is 0 Å². The molecule has 18 heavy (non-hydrogen) atoms. The summed E-state index contributed by atoms with van der Waals surface area (Å²) in [6.07, 6.45) is 7.99. The molecule has 0 aromatic heterocycles. The molecule has 1 aromatic rings. The predicted molar refractivity (Wildman–Crippen MR) is 80.2 cm³/mol. The van der Waals surface area contributed by atoms with E-state index in [4.69, 9.17) is 0 Å². The van der Waals surface area contributed by atoms with Crippen LogP contribution < -0.4 is 5.32 Å². The lowest BCUT2D eigenvalue weighted by Gasteiger charge is -2.32. The van der Waals surface area contributed by atoms with Crippen LogP contribution in [0.15, 0.2) is 18.2 Å². The Bertz CT molecular complexity index is 383. The fraction of sp³-hybridized carbons (Fsp3) is 0.647. The maximum absolute atomic E-state index is 3.78. The molecule has 1 heteroatoms. The van der Waals surface area contributed by atoms with Crippen molar-refractivity contribution in [3.63, 3.8) is 0 Å². The first-order chi connectivity index (χ1) is 8.74. The molecule has 0 heterocycles. The quantitative estimate of drug-likeness (QED) is 0.792. The van der Waals surface area contributed by atoms with Crippen molar-refractivity contribution >= 4 is 5.69 Å². The number of anilines is 1. The average molecular weight is 245 g/mol. The third kappa shape index (κ3) is 3.07. The third-order valence-electron chi connectivity index (χ3n) is 4.52. The van der Waals surface area contributed by atoms with Crippen LogP contribution in [-0.4, -0.2) is 6.04 Å². The molecule has 1 N–H and O–H groups in total. The van der Waals surface area contributed by atoms with Gasteiger partial charge in [-0.2, -0.15) is 0 Å². The topological polar surface area (TPSA) is 12.0 Å². The number of benzene rings is 1. The van der Waals surface area contributed by atoms with Crippen LogP contribution in [0.1, 0.15) is 57.1 Å². The van der Waals surface area contributed by atoms with Crippen molar-refractivity contribution in [3.05, 3.63) is 29.3 Å². The van der Waals surface area contributed by atoms with Crippen molar-refractivity contribution < 1.29 is 0 Å². The Hall–Kier alpha value is -0.980. The molecule has 1 aromatic carbocycles. The summed E-state index contributed by atoms with van der Waals surface area (Å²) in [5.74, 6) is 0.866. The lowest BCUT2D eigenvalue weighted by molar-refractivity contribution is 0.317. The third-order valence-corrected chi connectivity index (χ3v) is 4.52. The van der Waals surface area contributed by atoms with Gasteiger partial charge < -0.3 is 5.32 Å². The highest BCUT2D eigenvalue weighted by atomic mass is 14.9. The Morgan fingerprint density at radius 3 is 2.67 bits per heavy atom. The molecule has 1 saturated carbocycles. The van der Waals surface area contributed by atoms with Gasteiger partial charge in [-0.1, -0.05) is 39.2 Å². The predicted octanol–water partition coefficient (Wildman–Crippen LogP) is 4.94. The molecule has 1 aliphatic rings.